The first-order chi connectivity index (χ1) is 8.72. The molecular weight excluding hydrogens is 226 g/mol. The fourth-order valence-electron chi connectivity index (χ4n) is 3.91. The lowest BCUT2D eigenvalue weighted by Crippen LogP contribution is -2.53. The standard InChI is InChI=1S/C15H29NO2/c16-13-14(7-4-2-1-3-5-8-14)15(17)9-6-11-18-12-10-15/h17H,1-13,16H2. The van der Waals surface area contributed by atoms with Crippen LogP contribution in [-0.2, 0) is 4.74 Å². The molecule has 0 amide bonds. The second-order valence-corrected chi connectivity index (χ2v) is 6.25. The van der Waals surface area contributed by atoms with Gasteiger partial charge in [0.25, 0.3) is 0 Å². The lowest BCUT2D eigenvalue weighted by atomic mass is 9.62. The van der Waals surface area contributed by atoms with Crippen LogP contribution in [0.5, 0.6) is 0 Å². The van der Waals surface area contributed by atoms with E-state index >= 15 is 0 Å². The van der Waals surface area contributed by atoms with Gasteiger partial charge in [0.1, 0.15) is 0 Å². The predicted octanol–water partition coefficient (Wildman–Crippen LogP) is 2.61. The minimum Gasteiger partial charge on any atom is -0.389 e. The maximum absolute atomic E-state index is 11.2. The molecule has 1 saturated heterocycles. The summed E-state index contributed by atoms with van der Waals surface area (Å²) >= 11 is 0. The number of nitrogens with two attached hydrogens (primary N) is 1. The third kappa shape index (κ3) is 2.89. The molecule has 0 bridgehead atoms. The molecule has 2 rings (SSSR count). The number of ether oxygens (including phenoxy) is 1. The van der Waals surface area contributed by atoms with Crippen molar-refractivity contribution in [2.45, 2.75) is 69.8 Å². The van der Waals surface area contributed by atoms with Gasteiger partial charge in [-0.1, -0.05) is 32.1 Å². The number of aliphatic hydroxyl groups is 1. The molecule has 18 heavy (non-hydrogen) atoms. The summed E-state index contributed by atoms with van der Waals surface area (Å²) in [7, 11) is 0. The minimum absolute atomic E-state index is 0.0544. The maximum atomic E-state index is 11.2. The van der Waals surface area contributed by atoms with Crippen molar-refractivity contribution in [3.8, 4) is 0 Å². The van der Waals surface area contributed by atoms with Crippen LogP contribution in [-0.4, -0.2) is 30.5 Å². The molecule has 1 aliphatic carbocycles. The van der Waals surface area contributed by atoms with Crippen LogP contribution in [0.2, 0.25) is 0 Å². The fourth-order valence-corrected chi connectivity index (χ4v) is 3.91. The van der Waals surface area contributed by atoms with Gasteiger partial charge in [0.05, 0.1) is 5.60 Å². The van der Waals surface area contributed by atoms with Gasteiger partial charge in [-0.3, -0.25) is 0 Å². The Morgan fingerprint density at radius 2 is 1.50 bits per heavy atom. The van der Waals surface area contributed by atoms with Crippen molar-refractivity contribution in [3.05, 3.63) is 0 Å². The molecule has 1 atom stereocenters. The summed E-state index contributed by atoms with van der Waals surface area (Å²) in [4.78, 5) is 0. The van der Waals surface area contributed by atoms with Crippen molar-refractivity contribution in [2.24, 2.45) is 11.1 Å². The first-order valence-electron chi connectivity index (χ1n) is 7.73. The summed E-state index contributed by atoms with van der Waals surface area (Å²) in [5, 5.41) is 11.2. The van der Waals surface area contributed by atoms with Crippen LogP contribution < -0.4 is 5.73 Å². The highest BCUT2D eigenvalue weighted by Gasteiger charge is 2.48. The quantitative estimate of drug-likeness (QED) is 0.797. The third-order valence-corrected chi connectivity index (χ3v) is 5.23. The van der Waals surface area contributed by atoms with E-state index in [0.29, 0.717) is 13.2 Å². The lowest BCUT2D eigenvalue weighted by Gasteiger charge is -2.48. The lowest BCUT2D eigenvalue weighted by molar-refractivity contribution is -0.106. The summed E-state index contributed by atoms with van der Waals surface area (Å²) in [6.07, 6.45) is 11.2. The van der Waals surface area contributed by atoms with Crippen LogP contribution >= 0.6 is 0 Å². The Hall–Kier alpha value is -0.120. The Balaban J connectivity index is 2.15. The molecule has 0 aromatic rings. The highest BCUT2D eigenvalue weighted by atomic mass is 16.5. The van der Waals surface area contributed by atoms with E-state index in [1.165, 1.54) is 32.1 Å². The zero-order valence-electron chi connectivity index (χ0n) is 11.6. The van der Waals surface area contributed by atoms with E-state index in [2.05, 4.69) is 0 Å². The molecule has 0 spiro atoms. The van der Waals surface area contributed by atoms with Gasteiger partial charge in [0.2, 0.25) is 0 Å². The first-order valence-corrected chi connectivity index (χ1v) is 7.73. The summed E-state index contributed by atoms with van der Waals surface area (Å²) in [5.74, 6) is 0. The summed E-state index contributed by atoms with van der Waals surface area (Å²) < 4.78 is 5.53. The molecule has 1 aliphatic heterocycles. The zero-order valence-corrected chi connectivity index (χ0v) is 11.6. The Morgan fingerprint density at radius 3 is 2.17 bits per heavy atom. The fraction of sp³-hybridized carbons (Fsp3) is 1.00. The first kappa shape index (κ1) is 14.3. The van der Waals surface area contributed by atoms with Crippen LogP contribution in [0.1, 0.15) is 64.2 Å². The molecule has 2 fully saturated rings. The normalized spacial score (nSPS) is 34.3. The molecule has 3 N–H and O–H groups in total. The molecule has 1 heterocycles. The zero-order chi connectivity index (χ0) is 12.9. The maximum Gasteiger partial charge on any atom is 0.0738 e. The van der Waals surface area contributed by atoms with E-state index in [-0.39, 0.29) is 5.41 Å². The van der Waals surface area contributed by atoms with Gasteiger partial charge in [-0.2, -0.15) is 0 Å². The monoisotopic (exact) mass is 255 g/mol. The van der Waals surface area contributed by atoms with Gasteiger partial charge in [0, 0.05) is 31.6 Å². The van der Waals surface area contributed by atoms with Gasteiger partial charge >= 0.3 is 0 Å². The average molecular weight is 255 g/mol. The Labute approximate surface area is 111 Å². The van der Waals surface area contributed by atoms with Crippen LogP contribution in [0.4, 0.5) is 0 Å². The van der Waals surface area contributed by atoms with Crippen molar-refractivity contribution in [3.63, 3.8) is 0 Å². The SMILES string of the molecule is NCC1(C2(O)CCCOCC2)CCCCCCC1. The molecule has 0 radical (unpaired) electrons. The number of hydrogen-bond donors (Lipinski definition) is 2. The highest BCUT2D eigenvalue weighted by Crippen LogP contribution is 2.47. The minimum atomic E-state index is -0.588. The van der Waals surface area contributed by atoms with Crippen molar-refractivity contribution in [2.75, 3.05) is 19.8 Å². The number of rotatable bonds is 2. The molecule has 0 aromatic heterocycles. The highest BCUT2D eigenvalue weighted by molar-refractivity contribution is 5.00. The second kappa shape index (κ2) is 6.36. The van der Waals surface area contributed by atoms with E-state index in [0.717, 1.165) is 38.7 Å². The van der Waals surface area contributed by atoms with Crippen molar-refractivity contribution < 1.29 is 9.84 Å². The van der Waals surface area contributed by atoms with Gasteiger partial charge in [-0.25, -0.2) is 0 Å². The van der Waals surface area contributed by atoms with Gasteiger partial charge in [0.15, 0.2) is 0 Å². The summed E-state index contributed by atoms with van der Waals surface area (Å²) in [5.41, 5.74) is 5.48. The van der Waals surface area contributed by atoms with E-state index in [4.69, 9.17) is 10.5 Å². The largest absolute Gasteiger partial charge is 0.389 e. The smallest absolute Gasteiger partial charge is 0.0738 e. The molecular formula is C15H29NO2. The van der Waals surface area contributed by atoms with Crippen LogP contribution in [0.25, 0.3) is 0 Å². The van der Waals surface area contributed by atoms with E-state index in [9.17, 15) is 5.11 Å². The Morgan fingerprint density at radius 1 is 0.833 bits per heavy atom. The Bertz CT molecular complexity index is 239. The molecule has 3 heteroatoms. The van der Waals surface area contributed by atoms with Gasteiger partial charge in [-0.05, 0) is 25.7 Å². The average Bonchev–Trinajstić information content (AvgIpc) is 2.55. The van der Waals surface area contributed by atoms with Crippen molar-refractivity contribution in [1.29, 1.82) is 0 Å². The third-order valence-electron chi connectivity index (χ3n) is 5.23. The second-order valence-electron chi connectivity index (χ2n) is 6.25. The van der Waals surface area contributed by atoms with Crippen molar-refractivity contribution >= 4 is 0 Å². The van der Waals surface area contributed by atoms with E-state index in [1.807, 2.05) is 0 Å². The topological polar surface area (TPSA) is 55.5 Å². The molecule has 3 nitrogen and oxygen atoms in total. The molecule has 1 unspecified atom stereocenters. The van der Waals surface area contributed by atoms with Crippen LogP contribution in [0.15, 0.2) is 0 Å². The molecule has 0 aromatic carbocycles. The summed E-state index contributed by atoms with van der Waals surface area (Å²) in [6.45, 7) is 2.12. The van der Waals surface area contributed by atoms with E-state index in [1.54, 1.807) is 0 Å². The van der Waals surface area contributed by atoms with Crippen molar-refractivity contribution in [1.82, 2.24) is 0 Å². The van der Waals surface area contributed by atoms with Crippen LogP contribution in [0, 0.1) is 5.41 Å². The van der Waals surface area contributed by atoms with E-state index < -0.39 is 5.60 Å². The molecule has 1 saturated carbocycles. The van der Waals surface area contributed by atoms with Gasteiger partial charge in [-0.15, -0.1) is 0 Å². The Kier molecular flexibility index (Phi) is 5.05. The predicted molar refractivity (Wildman–Crippen MR) is 73.4 cm³/mol. The number of hydrogen-bond acceptors (Lipinski definition) is 3. The summed E-state index contributed by atoms with van der Waals surface area (Å²) in [6, 6.07) is 0. The molecule has 2 aliphatic rings. The van der Waals surface area contributed by atoms with Gasteiger partial charge < -0.3 is 15.6 Å². The molecule has 106 valence electrons. The van der Waals surface area contributed by atoms with Crippen LogP contribution in [0.3, 0.4) is 0 Å².